The lowest BCUT2D eigenvalue weighted by Crippen LogP contribution is -2.48. The Morgan fingerprint density at radius 3 is 2.82 bits per heavy atom. The molecule has 0 bridgehead atoms. The van der Waals surface area contributed by atoms with Crippen molar-refractivity contribution in [3.05, 3.63) is 35.9 Å². The molecule has 2 amide bonds. The van der Waals surface area contributed by atoms with Gasteiger partial charge in [0.05, 0.1) is 6.54 Å². The number of likely N-dealkylation sites (N-methyl/N-ethyl adjacent to an activating group) is 1. The van der Waals surface area contributed by atoms with Gasteiger partial charge in [0, 0.05) is 12.6 Å². The molecule has 0 unspecified atom stereocenters. The first-order valence-corrected chi connectivity index (χ1v) is 7.90. The largest absolute Gasteiger partial charge is 0.354 e. The van der Waals surface area contributed by atoms with E-state index in [-0.39, 0.29) is 24.4 Å². The van der Waals surface area contributed by atoms with Gasteiger partial charge in [-0.1, -0.05) is 30.3 Å². The van der Waals surface area contributed by atoms with E-state index in [0.717, 1.165) is 19.3 Å². The standard InChI is InChI=1S/C17H25N3O2/c1-13(14-8-4-3-5-9-14)20(2)12-16(21)19-15-10-6-7-11-18-17(15)22/h3-5,8-9,13,15H,6-7,10-12H2,1-2H3,(H,18,22)(H,19,21)/t13-,15-/m0/s1. The lowest BCUT2D eigenvalue weighted by atomic mass is 10.1. The van der Waals surface area contributed by atoms with E-state index >= 15 is 0 Å². The fourth-order valence-electron chi connectivity index (χ4n) is 2.67. The molecular formula is C17H25N3O2. The van der Waals surface area contributed by atoms with Crippen LogP contribution in [0.15, 0.2) is 30.3 Å². The number of amides is 2. The maximum Gasteiger partial charge on any atom is 0.242 e. The number of rotatable bonds is 5. The molecule has 0 aromatic heterocycles. The Bertz CT molecular complexity index is 504. The smallest absolute Gasteiger partial charge is 0.242 e. The van der Waals surface area contributed by atoms with Crippen molar-refractivity contribution in [2.24, 2.45) is 0 Å². The molecule has 0 aliphatic carbocycles. The highest BCUT2D eigenvalue weighted by molar-refractivity contribution is 5.88. The molecule has 2 atom stereocenters. The van der Waals surface area contributed by atoms with Gasteiger partial charge in [-0.3, -0.25) is 14.5 Å². The molecule has 1 aliphatic heterocycles. The third-order valence-electron chi connectivity index (χ3n) is 4.21. The lowest BCUT2D eigenvalue weighted by Gasteiger charge is -2.25. The van der Waals surface area contributed by atoms with E-state index in [4.69, 9.17) is 0 Å². The third kappa shape index (κ3) is 4.56. The maximum atomic E-state index is 12.2. The topological polar surface area (TPSA) is 61.4 Å². The predicted molar refractivity (Wildman–Crippen MR) is 86.3 cm³/mol. The van der Waals surface area contributed by atoms with E-state index in [9.17, 15) is 9.59 Å². The van der Waals surface area contributed by atoms with Crippen molar-refractivity contribution in [1.82, 2.24) is 15.5 Å². The molecule has 120 valence electrons. The van der Waals surface area contributed by atoms with Crippen molar-refractivity contribution in [3.8, 4) is 0 Å². The second kappa shape index (κ2) is 7.94. The predicted octanol–water partition coefficient (Wildman–Crippen LogP) is 1.46. The summed E-state index contributed by atoms with van der Waals surface area (Å²) in [5.41, 5.74) is 1.17. The summed E-state index contributed by atoms with van der Waals surface area (Å²) in [4.78, 5) is 26.0. The molecular weight excluding hydrogens is 278 g/mol. The second-order valence-corrected chi connectivity index (χ2v) is 5.91. The van der Waals surface area contributed by atoms with E-state index in [1.165, 1.54) is 5.56 Å². The number of hydrogen-bond acceptors (Lipinski definition) is 3. The van der Waals surface area contributed by atoms with Crippen LogP contribution in [0.3, 0.4) is 0 Å². The molecule has 1 fully saturated rings. The summed E-state index contributed by atoms with van der Waals surface area (Å²) in [5, 5.41) is 5.69. The average Bonchev–Trinajstić information content (AvgIpc) is 2.72. The minimum atomic E-state index is -0.393. The van der Waals surface area contributed by atoms with Gasteiger partial charge in [-0.15, -0.1) is 0 Å². The third-order valence-corrected chi connectivity index (χ3v) is 4.21. The number of benzene rings is 1. The first-order chi connectivity index (χ1) is 10.6. The zero-order valence-corrected chi connectivity index (χ0v) is 13.3. The summed E-state index contributed by atoms with van der Waals surface area (Å²) in [5.74, 6) is -0.169. The highest BCUT2D eigenvalue weighted by Gasteiger charge is 2.23. The van der Waals surface area contributed by atoms with Crippen molar-refractivity contribution in [2.75, 3.05) is 20.1 Å². The first-order valence-electron chi connectivity index (χ1n) is 7.90. The van der Waals surface area contributed by atoms with Crippen molar-refractivity contribution in [1.29, 1.82) is 0 Å². The summed E-state index contributed by atoms with van der Waals surface area (Å²) in [6.07, 6.45) is 2.65. The van der Waals surface area contributed by atoms with Gasteiger partial charge in [0.25, 0.3) is 0 Å². The van der Waals surface area contributed by atoms with Gasteiger partial charge in [0.15, 0.2) is 0 Å². The Labute approximate surface area is 132 Å². The summed E-state index contributed by atoms with van der Waals surface area (Å²) < 4.78 is 0. The van der Waals surface area contributed by atoms with Crippen LogP contribution < -0.4 is 10.6 Å². The van der Waals surface area contributed by atoms with Crippen LogP contribution in [0.4, 0.5) is 0 Å². The molecule has 2 rings (SSSR count). The van der Waals surface area contributed by atoms with Gasteiger partial charge in [-0.25, -0.2) is 0 Å². The molecule has 1 aromatic carbocycles. The normalized spacial score (nSPS) is 20.1. The molecule has 2 N–H and O–H groups in total. The average molecular weight is 303 g/mol. The summed E-state index contributed by atoms with van der Waals surface area (Å²) in [6, 6.07) is 9.83. The first kappa shape index (κ1) is 16.5. The molecule has 0 saturated carbocycles. The fourth-order valence-corrected chi connectivity index (χ4v) is 2.67. The number of nitrogens with zero attached hydrogens (tertiary/aromatic N) is 1. The summed E-state index contributed by atoms with van der Waals surface area (Å²) in [6.45, 7) is 3.05. The van der Waals surface area contributed by atoms with E-state index in [1.807, 2.05) is 30.1 Å². The van der Waals surface area contributed by atoms with E-state index in [2.05, 4.69) is 29.7 Å². The number of carbonyl (C=O) groups excluding carboxylic acids is 2. The zero-order valence-electron chi connectivity index (χ0n) is 13.3. The van der Waals surface area contributed by atoms with Gasteiger partial charge in [-0.2, -0.15) is 0 Å². The van der Waals surface area contributed by atoms with Crippen LogP contribution in [0.2, 0.25) is 0 Å². The molecule has 1 aromatic rings. The van der Waals surface area contributed by atoms with Gasteiger partial charge >= 0.3 is 0 Å². The zero-order chi connectivity index (χ0) is 15.9. The summed E-state index contributed by atoms with van der Waals surface area (Å²) in [7, 11) is 1.92. The number of carbonyl (C=O) groups is 2. The van der Waals surface area contributed by atoms with E-state index in [0.29, 0.717) is 6.54 Å². The number of nitrogens with one attached hydrogen (secondary N) is 2. The fraction of sp³-hybridized carbons (Fsp3) is 0.529. The molecule has 5 nitrogen and oxygen atoms in total. The van der Waals surface area contributed by atoms with Gasteiger partial charge < -0.3 is 10.6 Å². The molecule has 1 heterocycles. The van der Waals surface area contributed by atoms with Gasteiger partial charge in [0.2, 0.25) is 11.8 Å². The van der Waals surface area contributed by atoms with Crippen molar-refractivity contribution in [3.63, 3.8) is 0 Å². The molecule has 0 spiro atoms. The molecule has 1 aliphatic rings. The van der Waals surface area contributed by atoms with Crippen LogP contribution in [0.5, 0.6) is 0 Å². The molecule has 1 saturated heterocycles. The Morgan fingerprint density at radius 1 is 1.36 bits per heavy atom. The molecule has 0 radical (unpaired) electrons. The van der Waals surface area contributed by atoms with Crippen molar-refractivity contribution in [2.45, 2.75) is 38.3 Å². The Morgan fingerprint density at radius 2 is 2.09 bits per heavy atom. The van der Waals surface area contributed by atoms with Crippen LogP contribution in [0.1, 0.15) is 37.8 Å². The van der Waals surface area contributed by atoms with Crippen LogP contribution in [0, 0.1) is 0 Å². The minimum absolute atomic E-state index is 0.0652. The monoisotopic (exact) mass is 303 g/mol. The highest BCUT2D eigenvalue weighted by Crippen LogP contribution is 2.17. The lowest BCUT2D eigenvalue weighted by molar-refractivity contribution is -0.129. The van der Waals surface area contributed by atoms with Crippen molar-refractivity contribution < 1.29 is 9.59 Å². The maximum absolute atomic E-state index is 12.2. The molecule has 5 heteroatoms. The molecule has 22 heavy (non-hydrogen) atoms. The Kier molecular flexibility index (Phi) is 5.95. The van der Waals surface area contributed by atoms with Gasteiger partial charge in [-0.05, 0) is 38.8 Å². The van der Waals surface area contributed by atoms with Gasteiger partial charge in [0.1, 0.15) is 6.04 Å². The van der Waals surface area contributed by atoms with Crippen LogP contribution in [-0.4, -0.2) is 42.9 Å². The second-order valence-electron chi connectivity index (χ2n) is 5.91. The number of hydrogen-bond donors (Lipinski definition) is 2. The Hall–Kier alpha value is -1.88. The van der Waals surface area contributed by atoms with Crippen LogP contribution >= 0.6 is 0 Å². The Balaban J connectivity index is 1.86. The highest BCUT2D eigenvalue weighted by atomic mass is 16.2. The van der Waals surface area contributed by atoms with E-state index in [1.54, 1.807) is 0 Å². The van der Waals surface area contributed by atoms with Crippen LogP contribution in [0.25, 0.3) is 0 Å². The van der Waals surface area contributed by atoms with Crippen LogP contribution in [-0.2, 0) is 9.59 Å². The minimum Gasteiger partial charge on any atom is -0.354 e. The van der Waals surface area contributed by atoms with E-state index < -0.39 is 6.04 Å². The summed E-state index contributed by atoms with van der Waals surface area (Å²) >= 11 is 0. The SMILES string of the molecule is C[C@@H](c1ccccc1)N(C)CC(=O)N[C@H]1CCCCNC1=O. The van der Waals surface area contributed by atoms with Crippen molar-refractivity contribution >= 4 is 11.8 Å². The quantitative estimate of drug-likeness (QED) is 0.866.